The molecule has 0 saturated carbocycles. The van der Waals surface area contributed by atoms with Gasteiger partial charge in [0.1, 0.15) is 13.2 Å². The van der Waals surface area contributed by atoms with Gasteiger partial charge in [0.05, 0.1) is 0 Å². The molecule has 0 aromatic rings. The first-order chi connectivity index (χ1) is 31.0. The molecule has 0 spiro atoms. The fourth-order valence-electron chi connectivity index (χ4n) is 7.06. The van der Waals surface area contributed by atoms with Crippen LogP contribution in [0, 0.1) is 0 Å². The summed E-state index contributed by atoms with van der Waals surface area (Å²) < 4.78 is 16.7. The van der Waals surface area contributed by atoms with E-state index in [-0.39, 0.29) is 31.1 Å². The second-order valence-corrected chi connectivity index (χ2v) is 17.1. The molecule has 0 aromatic heterocycles. The van der Waals surface area contributed by atoms with E-state index in [1.54, 1.807) is 0 Å². The van der Waals surface area contributed by atoms with Crippen molar-refractivity contribution in [1.29, 1.82) is 0 Å². The molecule has 0 aliphatic carbocycles. The molecule has 6 nitrogen and oxygen atoms in total. The number of allylic oxidation sites excluding steroid dienone is 14. The van der Waals surface area contributed by atoms with E-state index >= 15 is 0 Å². The van der Waals surface area contributed by atoms with Crippen LogP contribution in [0.4, 0.5) is 0 Å². The van der Waals surface area contributed by atoms with Crippen LogP contribution in [0.1, 0.15) is 239 Å². The van der Waals surface area contributed by atoms with Crippen molar-refractivity contribution in [2.45, 2.75) is 245 Å². The number of carbonyl (C=O) groups excluding carboxylic acids is 3. The van der Waals surface area contributed by atoms with Gasteiger partial charge in [0.2, 0.25) is 0 Å². The highest BCUT2D eigenvalue weighted by Gasteiger charge is 2.19. The van der Waals surface area contributed by atoms with E-state index in [1.807, 2.05) is 0 Å². The van der Waals surface area contributed by atoms with Gasteiger partial charge in [-0.25, -0.2) is 0 Å². The minimum Gasteiger partial charge on any atom is -0.462 e. The van der Waals surface area contributed by atoms with E-state index < -0.39 is 6.10 Å². The van der Waals surface area contributed by atoms with Gasteiger partial charge in [-0.3, -0.25) is 14.4 Å². The fraction of sp³-hybridized carbons (Fsp3) is 0.702. The van der Waals surface area contributed by atoms with Crippen molar-refractivity contribution in [3.63, 3.8) is 0 Å². The van der Waals surface area contributed by atoms with Crippen LogP contribution in [0.5, 0.6) is 0 Å². The molecule has 0 aliphatic rings. The van der Waals surface area contributed by atoms with Crippen LogP contribution in [-0.2, 0) is 28.6 Å². The lowest BCUT2D eigenvalue weighted by Gasteiger charge is -2.18. The summed E-state index contributed by atoms with van der Waals surface area (Å²) in [5, 5.41) is 0. The van der Waals surface area contributed by atoms with Gasteiger partial charge >= 0.3 is 17.9 Å². The van der Waals surface area contributed by atoms with Crippen molar-refractivity contribution < 1.29 is 28.6 Å². The molecule has 0 aromatic carbocycles. The maximum Gasteiger partial charge on any atom is 0.306 e. The number of rotatable bonds is 46. The van der Waals surface area contributed by atoms with Crippen LogP contribution in [-0.4, -0.2) is 37.2 Å². The summed E-state index contributed by atoms with van der Waals surface area (Å²) in [4.78, 5) is 38.0. The Hall–Kier alpha value is -3.41. The molecule has 360 valence electrons. The average Bonchev–Trinajstić information content (AvgIpc) is 3.28. The van der Waals surface area contributed by atoms with Crippen LogP contribution < -0.4 is 0 Å². The summed E-state index contributed by atoms with van der Waals surface area (Å²) >= 11 is 0. The van der Waals surface area contributed by atoms with Gasteiger partial charge in [-0.1, -0.05) is 228 Å². The quantitative estimate of drug-likeness (QED) is 0.0199. The van der Waals surface area contributed by atoms with E-state index in [1.165, 1.54) is 96.3 Å². The maximum atomic E-state index is 12.8. The SMILES string of the molecule is CC/C=C\C/C=C\C/C=C\CCCCC(=O)OCC(COC(=O)CCCCCCC\C=C/C=C\C=C/C=C\CCCCC)OC(=O)CCCCCCCCCCCCCCCCC. The van der Waals surface area contributed by atoms with Crippen LogP contribution in [0.25, 0.3) is 0 Å². The van der Waals surface area contributed by atoms with E-state index in [0.717, 1.165) is 103 Å². The van der Waals surface area contributed by atoms with Crippen LogP contribution >= 0.6 is 0 Å². The van der Waals surface area contributed by atoms with Gasteiger partial charge < -0.3 is 14.2 Å². The molecule has 0 aliphatic heterocycles. The standard InChI is InChI=1S/C57H96O6/c1-4-7-10-13-16-19-22-25-27-28-29-31-32-35-38-41-44-47-50-56(59)62-53-54(52-61-55(58)49-46-43-40-37-34-24-21-18-15-12-9-6-3)63-57(60)51-48-45-42-39-36-33-30-26-23-20-17-14-11-8-5-2/h9,12,16,18-19,21-22,25,27-29,31,34,37,54H,4-8,10-11,13-15,17,20,23-24,26,30,32-33,35-36,38-53H2,1-3H3/b12-9-,19-16-,21-18-,25-22-,28-27-,31-29-,37-34-. The Labute approximate surface area is 388 Å². The zero-order valence-electron chi connectivity index (χ0n) is 41.1. The molecule has 1 unspecified atom stereocenters. The zero-order chi connectivity index (χ0) is 45.8. The largest absolute Gasteiger partial charge is 0.462 e. The van der Waals surface area contributed by atoms with E-state index in [2.05, 4.69) is 106 Å². The lowest BCUT2D eigenvalue weighted by Crippen LogP contribution is -2.30. The summed E-state index contributed by atoms with van der Waals surface area (Å²) in [6.45, 7) is 6.43. The van der Waals surface area contributed by atoms with E-state index in [9.17, 15) is 14.4 Å². The minimum atomic E-state index is -0.800. The Balaban J connectivity index is 4.46. The van der Waals surface area contributed by atoms with Crippen molar-refractivity contribution in [2.75, 3.05) is 13.2 Å². The van der Waals surface area contributed by atoms with Gasteiger partial charge in [-0.15, -0.1) is 0 Å². The Kier molecular flexibility index (Phi) is 48.5. The molecule has 0 saturated heterocycles. The molecule has 1 atom stereocenters. The number of hydrogen-bond acceptors (Lipinski definition) is 6. The highest BCUT2D eigenvalue weighted by molar-refractivity contribution is 5.71. The highest BCUT2D eigenvalue weighted by atomic mass is 16.6. The Bertz CT molecular complexity index is 1240. The molecule has 0 radical (unpaired) electrons. The Morgan fingerprint density at radius 1 is 0.349 bits per heavy atom. The van der Waals surface area contributed by atoms with Gasteiger partial charge in [0.25, 0.3) is 0 Å². The van der Waals surface area contributed by atoms with Crippen LogP contribution in [0.15, 0.2) is 85.1 Å². The van der Waals surface area contributed by atoms with Crippen molar-refractivity contribution >= 4 is 17.9 Å². The zero-order valence-corrected chi connectivity index (χ0v) is 41.1. The molecular weight excluding hydrogens is 781 g/mol. The number of esters is 3. The third-order valence-electron chi connectivity index (χ3n) is 11.0. The first-order valence-electron chi connectivity index (χ1n) is 26.1. The number of ether oxygens (including phenoxy) is 3. The van der Waals surface area contributed by atoms with Crippen LogP contribution in [0.2, 0.25) is 0 Å². The van der Waals surface area contributed by atoms with Crippen molar-refractivity contribution in [2.24, 2.45) is 0 Å². The second-order valence-electron chi connectivity index (χ2n) is 17.1. The van der Waals surface area contributed by atoms with E-state index in [4.69, 9.17) is 14.2 Å². The molecule has 0 amide bonds. The normalized spacial score (nSPS) is 12.7. The summed E-state index contributed by atoms with van der Waals surface area (Å²) in [6.07, 6.45) is 65.6. The Morgan fingerprint density at radius 2 is 0.683 bits per heavy atom. The molecular formula is C57H96O6. The van der Waals surface area contributed by atoms with Gasteiger partial charge in [0, 0.05) is 19.3 Å². The third kappa shape index (κ3) is 49.5. The summed E-state index contributed by atoms with van der Waals surface area (Å²) in [5.74, 6) is -0.959. The predicted octanol–water partition coefficient (Wildman–Crippen LogP) is 17.2. The molecule has 0 heterocycles. The lowest BCUT2D eigenvalue weighted by molar-refractivity contribution is -0.167. The first kappa shape index (κ1) is 59.6. The molecule has 6 heteroatoms. The average molecular weight is 877 g/mol. The van der Waals surface area contributed by atoms with Gasteiger partial charge in [0.15, 0.2) is 6.10 Å². The summed E-state index contributed by atoms with van der Waals surface area (Å²) in [6, 6.07) is 0. The third-order valence-corrected chi connectivity index (χ3v) is 11.0. The Morgan fingerprint density at radius 3 is 1.17 bits per heavy atom. The van der Waals surface area contributed by atoms with Crippen LogP contribution in [0.3, 0.4) is 0 Å². The van der Waals surface area contributed by atoms with Gasteiger partial charge in [-0.2, -0.15) is 0 Å². The topological polar surface area (TPSA) is 78.9 Å². The van der Waals surface area contributed by atoms with Crippen molar-refractivity contribution in [3.8, 4) is 0 Å². The highest BCUT2D eigenvalue weighted by Crippen LogP contribution is 2.15. The second kappa shape index (κ2) is 51.2. The minimum absolute atomic E-state index is 0.100. The number of carbonyl (C=O) groups is 3. The molecule has 63 heavy (non-hydrogen) atoms. The van der Waals surface area contributed by atoms with Crippen molar-refractivity contribution in [1.82, 2.24) is 0 Å². The summed E-state index contributed by atoms with van der Waals surface area (Å²) in [5.41, 5.74) is 0. The maximum absolute atomic E-state index is 12.8. The molecule has 0 N–H and O–H groups in total. The smallest absolute Gasteiger partial charge is 0.306 e. The summed E-state index contributed by atoms with van der Waals surface area (Å²) in [7, 11) is 0. The lowest BCUT2D eigenvalue weighted by atomic mass is 10.0. The number of unbranched alkanes of at least 4 members (excludes halogenated alkanes) is 24. The van der Waals surface area contributed by atoms with Crippen molar-refractivity contribution in [3.05, 3.63) is 85.1 Å². The molecule has 0 fully saturated rings. The number of hydrogen-bond donors (Lipinski definition) is 0. The predicted molar refractivity (Wildman–Crippen MR) is 270 cm³/mol. The fourth-order valence-corrected chi connectivity index (χ4v) is 7.06. The van der Waals surface area contributed by atoms with Gasteiger partial charge in [-0.05, 0) is 77.0 Å². The van der Waals surface area contributed by atoms with E-state index in [0.29, 0.717) is 19.3 Å². The molecule has 0 bridgehead atoms. The first-order valence-corrected chi connectivity index (χ1v) is 26.1. The monoisotopic (exact) mass is 877 g/mol. The molecule has 0 rings (SSSR count).